The Morgan fingerprint density at radius 2 is 1.50 bits per heavy atom. The topological polar surface area (TPSA) is 69.7 Å². The van der Waals surface area contributed by atoms with Crippen molar-refractivity contribution in [2.45, 2.75) is 34.6 Å². The number of hydrogen-bond donors (Lipinski definition) is 1. The first-order valence-corrected chi connectivity index (χ1v) is 6.93. The molecule has 0 bridgehead atoms. The van der Waals surface area contributed by atoms with Crippen molar-refractivity contribution in [2.75, 3.05) is 33.2 Å². The van der Waals surface area contributed by atoms with Crippen LogP contribution in [0.3, 0.4) is 0 Å². The number of carbonyl (C=O) groups excluding carboxylic acids is 3. The van der Waals surface area contributed by atoms with Gasteiger partial charge in [0, 0.05) is 25.6 Å². The van der Waals surface area contributed by atoms with Crippen molar-refractivity contribution in [3.63, 3.8) is 0 Å². The summed E-state index contributed by atoms with van der Waals surface area (Å²) < 4.78 is 0. The SMILES string of the molecule is CCN(CC)C(=O)CN(C)C(=O)CNC(=O)C(C)(C)C. The summed E-state index contributed by atoms with van der Waals surface area (Å²) in [5, 5.41) is 2.58. The lowest BCUT2D eigenvalue weighted by Crippen LogP contribution is -2.46. The van der Waals surface area contributed by atoms with E-state index in [0.29, 0.717) is 13.1 Å². The van der Waals surface area contributed by atoms with Gasteiger partial charge in [-0.05, 0) is 13.8 Å². The van der Waals surface area contributed by atoms with Crippen LogP contribution in [0, 0.1) is 5.41 Å². The molecule has 6 heteroatoms. The fourth-order valence-electron chi connectivity index (χ4n) is 1.52. The summed E-state index contributed by atoms with van der Waals surface area (Å²) in [6.07, 6.45) is 0. The minimum absolute atomic E-state index is 0.0336. The zero-order valence-electron chi connectivity index (χ0n) is 13.4. The van der Waals surface area contributed by atoms with Gasteiger partial charge < -0.3 is 15.1 Å². The third-order valence-corrected chi connectivity index (χ3v) is 3.00. The van der Waals surface area contributed by atoms with Gasteiger partial charge in [-0.15, -0.1) is 0 Å². The van der Waals surface area contributed by atoms with Crippen LogP contribution in [-0.2, 0) is 14.4 Å². The van der Waals surface area contributed by atoms with E-state index in [4.69, 9.17) is 0 Å². The Balaban J connectivity index is 4.30. The Morgan fingerprint density at radius 1 is 1.00 bits per heavy atom. The average Bonchev–Trinajstić information content (AvgIpc) is 2.35. The third-order valence-electron chi connectivity index (χ3n) is 3.00. The molecule has 0 saturated carbocycles. The molecule has 0 unspecified atom stereocenters. The van der Waals surface area contributed by atoms with Gasteiger partial charge >= 0.3 is 0 Å². The summed E-state index contributed by atoms with van der Waals surface area (Å²) >= 11 is 0. The first kappa shape index (κ1) is 18.4. The monoisotopic (exact) mass is 285 g/mol. The highest BCUT2D eigenvalue weighted by atomic mass is 16.2. The van der Waals surface area contributed by atoms with E-state index in [-0.39, 0.29) is 30.8 Å². The minimum Gasteiger partial charge on any atom is -0.347 e. The zero-order chi connectivity index (χ0) is 15.9. The molecule has 0 spiro atoms. The smallest absolute Gasteiger partial charge is 0.242 e. The van der Waals surface area contributed by atoms with Crippen LogP contribution >= 0.6 is 0 Å². The van der Waals surface area contributed by atoms with E-state index in [1.807, 2.05) is 13.8 Å². The predicted octanol–water partition coefficient (Wildman–Crippen LogP) is 0.476. The van der Waals surface area contributed by atoms with E-state index >= 15 is 0 Å². The lowest BCUT2D eigenvalue weighted by molar-refractivity contribution is -0.139. The molecule has 0 atom stereocenters. The number of rotatable bonds is 6. The predicted molar refractivity (Wildman–Crippen MR) is 78.0 cm³/mol. The lowest BCUT2D eigenvalue weighted by atomic mass is 9.96. The van der Waals surface area contributed by atoms with E-state index in [2.05, 4.69) is 5.32 Å². The zero-order valence-corrected chi connectivity index (χ0v) is 13.4. The van der Waals surface area contributed by atoms with Gasteiger partial charge in [-0.2, -0.15) is 0 Å². The molecule has 0 aromatic heterocycles. The first-order chi connectivity index (χ1) is 9.13. The molecule has 0 aliphatic carbocycles. The van der Waals surface area contributed by atoms with E-state index in [9.17, 15) is 14.4 Å². The van der Waals surface area contributed by atoms with Crippen LogP contribution in [0.2, 0.25) is 0 Å². The quantitative estimate of drug-likeness (QED) is 0.771. The molecule has 0 aromatic rings. The second-order valence-corrected chi connectivity index (χ2v) is 5.75. The van der Waals surface area contributed by atoms with E-state index in [1.54, 1.807) is 32.7 Å². The highest BCUT2D eigenvalue weighted by Gasteiger charge is 2.22. The van der Waals surface area contributed by atoms with E-state index in [0.717, 1.165) is 0 Å². The van der Waals surface area contributed by atoms with Gasteiger partial charge in [0.25, 0.3) is 0 Å². The summed E-state index contributed by atoms with van der Waals surface area (Å²) in [4.78, 5) is 38.4. The molecule has 0 fully saturated rings. The summed E-state index contributed by atoms with van der Waals surface area (Å²) in [7, 11) is 1.56. The highest BCUT2D eigenvalue weighted by Crippen LogP contribution is 2.11. The average molecular weight is 285 g/mol. The first-order valence-electron chi connectivity index (χ1n) is 6.93. The number of likely N-dealkylation sites (N-methyl/N-ethyl adjacent to an activating group) is 2. The molecule has 0 aliphatic heterocycles. The van der Waals surface area contributed by atoms with Gasteiger partial charge in [0.1, 0.15) is 0 Å². The Morgan fingerprint density at radius 3 is 1.90 bits per heavy atom. The van der Waals surface area contributed by atoms with Crippen molar-refractivity contribution in [2.24, 2.45) is 5.41 Å². The third kappa shape index (κ3) is 6.04. The van der Waals surface area contributed by atoms with Crippen molar-refractivity contribution in [1.82, 2.24) is 15.1 Å². The maximum absolute atomic E-state index is 11.9. The fraction of sp³-hybridized carbons (Fsp3) is 0.786. The molecule has 0 rings (SSSR count). The van der Waals surface area contributed by atoms with Crippen molar-refractivity contribution in [3.8, 4) is 0 Å². The van der Waals surface area contributed by atoms with Crippen LogP contribution in [0.4, 0.5) is 0 Å². The van der Waals surface area contributed by atoms with Crippen LogP contribution < -0.4 is 5.32 Å². The van der Waals surface area contributed by atoms with Gasteiger partial charge in [0.15, 0.2) is 0 Å². The fourth-order valence-corrected chi connectivity index (χ4v) is 1.52. The van der Waals surface area contributed by atoms with Crippen LogP contribution in [0.1, 0.15) is 34.6 Å². The molecule has 0 saturated heterocycles. The maximum atomic E-state index is 11.9. The van der Waals surface area contributed by atoms with Crippen molar-refractivity contribution < 1.29 is 14.4 Å². The Labute approximate surface area is 121 Å². The van der Waals surface area contributed by atoms with E-state index in [1.165, 1.54) is 4.90 Å². The van der Waals surface area contributed by atoms with Gasteiger partial charge in [0.2, 0.25) is 17.7 Å². The van der Waals surface area contributed by atoms with Crippen molar-refractivity contribution >= 4 is 17.7 Å². The number of amides is 3. The van der Waals surface area contributed by atoms with Crippen molar-refractivity contribution in [3.05, 3.63) is 0 Å². The standard InChI is InChI=1S/C14H27N3O3/c1-7-17(8-2)12(19)10-16(6)11(18)9-15-13(20)14(3,4)5/h7-10H2,1-6H3,(H,15,20). The Bertz CT molecular complexity index is 357. The molecule has 0 aromatic carbocycles. The molecule has 0 aliphatic rings. The van der Waals surface area contributed by atoms with Gasteiger partial charge in [-0.25, -0.2) is 0 Å². The van der Waals surface area contributed by atoms with Gasteiger partial charge in [-0.3, -0.25) is 14.4 Å². The molecule has 116 valence electrons. The molecule has 20 heavy (non-hydrogen) atoms. The highest BCUT2D eigenvalue weighted by molar-refractivity contribution is 5.89. The van der Waals surface area contributed by atoms with Crippen LogP contribution in [0.25, 0.3) is 0 Å². The molecular formula is C14H27N3O3. The molecule has 0 radical (unpaired) electrons. The number of nitrogens with zero attached hydrogens (tertiary/aromatic N) is 2. The Kier molecular flexibility index (Phi) is 7.24. The van der Waals surface area contributed by atoms with E-state index < -0.39 is 5.41 Å². The normalized spacial score (nSPS) is 10.9. The second kappa shape index (κ2) is 7.87. The maximum Gasteiger partial charge on any atom is 0.242 e. The summed E-state index contributed by atoms with van der Waals surface area (Å²) in [5.74, 6) is -0.551. The molecular weight excluding hydrogens is 258 g/mol. The molecule has 3 amide bonds. The van der Waals surface area contributed by atoms with Crippen molar-refractivity contribution in [1.29, 1.82) is 0 Å². The second-order valence-electron chi connectivity index (χ2n) is 5.75. The van der Waals surface area contributed by atoms with Gasteiger partial charge in [0.05, 0.1) is 13.1 Å². The lowest BCUT2D eigenvalue weighted by Gasteiger charge is -2.24. The summed E-state index contributed by atoms with van der Waals surface area (Å²) in [6.45, 7) is 10.3. The van der Waals surface area contributed by atoms with Crippen LogP contribution in [0.5, 0.6) is 0 Å². The summed E-state index contributed by atoms with van der Waals surface area (Å²) in [5.41, 5.74) is -0.532. The largest absolute Gasteiger partial charge is 0.347 e. The van der Waals surface area contributed by atoms with Crippen LogP contribution in [-0.4, -0.2) is 60.7 Å². The minimum atomic E-state index is -0.532. The molecule has 0 heterocycles. The summed E-state index contributed by atoms with van der Waals surface area (Å²) in [6, 6.07) is 0. The molecule has 1 N–H and O–H groups in total. The van der Waals surface area contributed by atoms with Gasteiger partial charge in [-0.1, -0.05) is 20.8 Å². The molecule has 6 nitrogen and oxygen atoms in total. The number of hydrogen-bond acceptors (Lipinski definition) is 3. The van der Waals surface area contributed by atoms with Crippen LogP contribution in [0.15, 0.2) is 0 Å². The number of nitrogens with one attached hydrogen (secondary N) is 1. The Hall–Kier alpha value is -1.59. The number of carbonyl (C=O) groups is 3.